The Morgan fingerprint density at radius 2 is 1.51 bits per heavy atom. The Bertz CT molecular complexity index is 1530. The molecule has 0 aliphatic carbocycles. The molecule has 2 heterocycles. The summed E-state index contributed by atoms with van der Waals surface area (Å²) in [6.45, 7) is 7.33. The third-order valence-electron chi connectivity index (χ3n) is 7.88. The molecule has 0 radical (unpaired) electrons. The van der Waals surface area contributed by atoms with Gasteiger partial charge in [-0.25, -0.2) is 4.79 Å². The summed E-state index contributed by atoms with van der Waals surface area (Å²) in [6.07, 6.45) is 2.88. The van der Waals surface area contributed by atoms with Gasteiger partial charge in [-0.05, 0) is 67.0 Å². The standard InChI is InChI=1S/C34H34N2O3/c1-21(2)12-14-23-15-13-22(3)20-28(23)36-19-18-24-16-17-27-31(32(24)35)33(37)39-34(27)25-8-4-6-10-29(25)38-30-11-7-5-9-26(30)34/h4-11,13,15-17,20-21,36H,12,14,18-19,35H2,1-3H3. The first kappa shape index (κ1) is 25.1. The molecular weight excluding hydrogens is 484 g/mol. The van der Waals surface area contributed by atoms with E-state index in [0.717, 1.165) is 35.1 Å². The van der Waals surface area contributed by atoms with Crippen molar-refractivity contribution in [2.45, 2.75) is 45.6 Å². The van der Waals surface area contributed by atoms with Crippen molar-refractivity contribution in [2.75, 3.05) is 17.6 Å². The first-order valence-corrected chi connectivity index (χ1v) is 13.7. The van der Waals surface area contributed by atoms with Gasteiger partial charge in [-0.3, -0.25) is 0 Å². The van der Waals surface area contributed by atoms with Crippen LogP contribution in [0.2, 0.25) is 0 Å². The van der Waals surface area contributed by atoms with E-state index in [4.69, 9.17) is 15.2 Å². The maximum absolute atomic E-state index is 13.5. The third-order valence-corrected chi connectivity index (χ3v) is 7.88. The SMILES string of the molecule is Cc1ccc(CCC(C)C)c(NCCc2ccc3c(c2N)C(=O)OC32c3ccccc3Oc3ccccc32)c1. The molecule has 1 spiro atoms. The molecule has 0 saturated heterocycles. The molecule has 0 atom stereocenters. The molecule has 5 heteroatoms. The number of anilines is 2. The Morgan fingerprint density at radius 3 is 2.21 bits per heavy atom. The number of hydrogen-bond donors (Lipinski definition) is 2. The number of carbonyl (C=O) groups excluding carboxylic acids is 1. The Kier molecular flexibility index (Phi) is 6.30. The molecule has 2 aliphatic rings. The number of nitrogens with two attached hydrogens (primary N) is 1. The molecule has 3 N–H and O–H groups in total. The molecule has 0 aromatic heterocycles. The molecule has 0 fully saturated rings. The van der Waals surface area contributed by atoms with Gasteiger partial charge in [-0.15, -0.1) is 0 Å². The lowest BCUT2D eigenvalue weighted by Crippen LogP contribution is -2.32. The molecule has 6 rings (SSSR count). The first-order valence-electron chi connectivity index (χ1n) is 13.7. The van der Waals surface area contributed by atoms with Crippen LogP contribution in [0.4, 0.5) is 11.4 Å². The number of fused-ring (bicyclic) bond motifs is 6. The summed E-state index contributed by atoms with van der Waals surface area (Å²) in [5.74, 6) is 1.60. The number of nitrogen functional groups attached to an aromatic ring is 1. The Morgan fingerprint density at radius 1 is 0.846 bits per heavy atom. The van der Waals surface area contributed by atoms with Crippen LogP contribution in [0.25, 0.3) is 0 Å². The van der Waals surface area contributed by atoms with Crippen molar-refractivity contribution in [3.63, 3.8) is 0 Å². The second kappa shape index (κ2) is 9.81. The summed E-state index contributed by atoms with van der Waals surface area (Å²) in [5, 5.41) is 3.63. The van der Waals surface area contributed by atoms with Crippen molar-refractivity contribution >= 4 is 17.3 Å². The van der Waals surface area contributed by atoms with E-state index >= 15 is 0 Å². The summed E-state index contributed by atoms with van der Waals surface area (Å²) in [6, 6.07) is 26.1. The van der Waals surface area contributed by atoms with Crippen molar-refractivity contribution in [2.24, 2.45) is 5.92 Å². The van der Waals surface area contributed by atoms with Crippen LogP contribution in [0.3, 0.4) is 0 Å². The minimum Gasteiger partial charge on any atom is -0.456 e. The molecule has 198 valence electrons. The van der Waals surface area contributed by atoms with Gasteiger partial charge < -0.3 is 20.5 Å². The molecule has 2 aliphatic heterocycles. The zero-order valence-corrected chi connectivity index (χ0v) is 22.7. The molecule has 5 nitrogen and oxygen atoms in total. The van der Waals surface area contributed by atoms with Crippen LogP contribution < -0.4 is 15.8 Å². The van der Waals surface area contributed by atoms with Gasteiger partial charge >= 0.3 is 5.97 Å². The first-order chi connectivity index (χ1) is 18.9. The molecule has 0 amide bonds. The zero-order chi connectivity index (χ0) is 27.1. The minimum atomic E-state index is -1.09. The van der Waals surface area contributed by atoms with E-state index in [1.54, 1.807) is 0 Å². The fourth-order valence-corrected chi connectivity index (χ4v) is 5.84. The van der Waals surface area contributed by atoms with Crippen LogP contribution in [0.15, 0.2) is 78.9 Å². The number of benzene rings is 4. The van der Waals surface area contributed by atoms with Crippen molar-refractivity contribution in [1.29, 1.82) is 0 Å². The van der Waals surface area contributed by atoms with E-state index in [2.05, 4.69) is 44.3 Å². The molecular formula is C34H34N2O3. The average molecular weight is 519 g/mol. The van der Waals surface area contributed by atoms with Crippen LogP contribution >= 0.6 is 0 Å². The number of carbonyl (C=O) groups is 1. The smallest absolute Gasteiger partial charge is 0.342 e. The highest BCUT2D eigenvalue weighted by atomic mass is 16.6. The van der Waals surface area contributed by atoms with E-state index in [1.165, 1.54) is 16.8 Å². The summed E-state index contributed by atoms with van der Waals surface area (Å²) >= 11 is 0. The third kappa shape index (κ3) is 4.22. The van der Waals surface area contributed by atoms with E-state index < -0.39 is 11.6 Å². The number of para-hydroxylation sites is 2. The Labute approximate surface area is 230 Å². The predicted octanol–water partition coefficient (Wildman–Crippen LogP) is 7.39. The molecule has 0 bridgehead atoms. The van der Waals surface area contributed by atoms with E-state index in [0.29, 0.717) is 41.6 Å². The van der Waals surface area contributed by atoms with Gasteiger partial charge in [0.15, 0.2) is 5.60 Å². The normalized spacial score (nSPS) is 14.4. The summed E-state index contributed by atoms with van der Waals surface area (Å²) in [5.41, 5.74) is 13.6. The van der Waals surface area contributed by atoms with Crippen molar-refractivity contribution in [3.05, 3.63) is 118 Å². The van der Waals surface area contributed by atoms with Gasteiger partial charge in [0.2, 0.25) is 0 Å². The highest BCUT2D eigenvalue weighted by Crippen LogP contribution is 2.56. The van der Waals surface area contributed by atoms with Crippen molar-refractivity contribution in [3.8, 4) is 11.5 Å². The zero-order valence-electron chi connectivity index (χ0n) is 22.7. The van der Waals surface area contributed by atoms with Gasteiger partial charge in [-0.1, -0.05) is 74.5 Å². The van der Waals surface area contributed by atoms with Crippen LogP contribution in [0.5, 0.6) is 11.5 Å². The maximum Gasteiger partial charge on any atom is 0.342 e. The number of rotatable bonds is 7. The highest BCUT2D eigenvalue weighted by Gasteiger charge is 2.54. The summed E-state index contributed by atoms with van der Waals surface area (Å²) < 4.78 is 12.5. The maximum atomic E-state index is 13.5. The summed E-state index contributed by atoms with van der Waals surface area (Å²) in [4.78, 5) is 13.5. The number of hydrogen-bond acceptors (Lipinski definition) is 5. The van der Waals surface area contributed by atoms with Gasteiger partial charge in [0.1, 0.15) is 11.5 Å². The quantitative estimate of drug-likeness (QED) is 0.197. The number of ether oxygens (including phenoxy) is 2. The second-order valence-electron chi connectivity index (χ2n) is 11.0. The fourth-order valence-electron chi connectivity index (χ4n) is 5.84. The van der Waals surface area contributed by atoms with E-state index in [9.17, 15) is 4.79 Å². The fraction of sp³-hybridized carbons (Fsp3) is 0.265. The van der Waals surface area contributed by atoms with Crippen LogP contribution in [0.1, 0.15) is 64.0 Å². The number of esters is 1. The van der Waals surface area contributed by atoms with Gasteiger partial charge in [0.25, 0.3) is 0 Å². The largest absolute Gasteiger partial charge is 0.456 e. The lowest BCUT2D eigenvalue weighted by Gasteiger charge is -2.36. The molecule has 0 unspecified atom stereocenters. The van der Waals surface area contributed by atoms with Crippen LogP contribution in [-0.4, -0.2) is 12.5 Å². The molecule has 0 saturated carbocycles. The predicted molar refractivity (Wildman–Crippen MR) is 156 cm³/mol. The highest BCUT2D eigenvalue weighted by molar-refractivity contribution is 6.02. The van der Waals surface area contributed by atoms with Gasteiger partial charge in [0, 0.05) is 34.6 Å². The van der Waals surface area contributed by atoms with Gasteiger partial charge in [0.05, 0.1) is 5.56 Å². The second-order valence-corrected chi connectivity index (χ2v) is 11.0. The van der Waals surface area contributed by atoms with Crippen LogP contribution in [-0.2, 0) is 23.2 Å². The van der Waals surface area contributed by atoms with E-state index in [1.807, 2.05) is 60.7 Å². The monoisotopic (exact) mass is 518 g/mol. The van der Waals surface area contributed by atoms with Crippen LogP contribution in [0, 0.1) is 12.8 Å². The minimum absolute atomic E-state index is 0.404. The van der Waals surface area contributed by atoms with E-state index in [-0.39, 0.29) is 0 Å². The molecule has 4 aromatic rings. The Hall–Kier alpha value is -4.25. The summed E-state index contributed by atoms with van der Waals surface area (Å²) in [7, 11) is 0. The topological polar surface area (TPSA) is 73.6 Å². The number of aryl methyl sites for hydroxylation is 2. The Balaban J connectivity index is 1.32. The average Bonchev–Trinajstić information content (AvgIpc) is 3.22. The molecule has 4 aromatic carbocycles. The lowest BCUT2D eigenvalue weighted by atomic mass is 9.77. The van der Waals surface area contributed by atoms with Gasteiger partial charge in [-0.2, -0.15) is 0 Å². The van der Waals surface area contributed by atoms with Crippen molar-refractivity contribution in [1.82, 2.24) is 0 Å². The van der Waals surface area contributed by atoms with Crippen molar-refractivity contribution < 1.29 is 14.3 Å². The molecule has 39 heavy (non-hydrogen) atoms. The number of nitrogens with one attached hydrogen (secondary N) is 1. The lowest BCUT2D eigenvalue weighted by molar-refractivity contribution is 0.0225.